The van der Waals surface area contributed by atoms with Gasteiger partial charge in [0.25, 0.3) is 0 Å². The van der Waals surface area contributed by atoms with Crippen molar-refractivity contribution in [3.8, 4) is 5.75 Å². The van der Waals surface area contributed by atoms with E-state index in [0.717, 1.165) is 24.3 Å². The highest BCUT2D eigenvalue weighted by atomic mass is 35.5. The Morgan fingerprint density at radius 1 is 0.935 bits per heavy atom. The summed E-state index contributed by atoms with van der Waals surface area (Å²) in [5.74, 6) is 0.544. The second-order valence-corrected chi connectivity index (χ2v) is 10.8. The van der Waals surface area contributed by atoms with E-state index in [1.54, 1.807) is 24.1 Å². The van der Waals surface area contributed by atoms with Crippen LogP contribution in [-0.4, -0.2) is 57.3 Å². The van der Waals surface area contributed by atoms with Crippen LogP contribution in [0, 0.1) is 0 Å². The summed E-state index contributed by atoms with van der Waals surface area (Å²) in [7, 11) is -2.18. The summed E-state index contributed by atoms with van der Waals surface area (Å²) in [6.07, 6.45) is 2.22. The van der Waals surface area contributed by atoms with Crippen LogP contribution >= 0.6 is 11.6 Å². The fourth-order valence-corrected chi connectivity index (χ4v) is 6.89. The standard InChI is InChI=1S/C23H27ClN2O4S/c1-30-20-8-6-19(7-9-20)25-14-16-26(17-15-25)22(27)23(12-2-3-13-23)31(28,29)21-10-4-18(24)5-11-21/h4-11H,2-3,12-17H2,1H3. The lowest BCUT2D eigenvalue weighted by Gasteiger charge is -2.40. The lowest BCUT2D eigenvalue weighted by molar-refractivity contribution is -0.134. The van der Waals surface area contributed by atoms with Crippen molar-refractivity contribution in [2.24, 2.45) is 0 Å². The lowest BCUT2D eigenvalue weighted by Crippen LogP contribution is -2.57. The van der Waals surface area contributed by atoms with Crippen molar-refractivity contribution in [1.29, 1.82) is 0 Å². The molecule has 2 aromatic carbocycles. The van der Waals surface area contributed by atoms with E-state index in [4.69, 9.17) is 16.3 Å². The first-order valence-corrected chi connectivity index (χ1v) is 12.4. The van der Waals surface area contributed by atoms with E-state index < -0.39 is 14.6 Å². The summed E-state index contributed by atoms with van der Waals surface area (Å²) in [4.78, 5) is 17.7. The minimum atomic E-state index is -3.82. The first kappa shape index (κ1) is 22.0. The number of carbonyl (C=O) groups excluding carboxylic acids is 1. The van der Waals surface area contributed by atoms with Gasteiger partial charge in [-0.05, 0) is 61.4 Å². The van der Waals surface area contributed by atoms with Gasteiger partial charge in [0.15, 0.2) is 14.6 Å². The third-order valence-electron chi connectivity index (χ3n) is 6.44. The molecule has 6 nitrogen and oxygen atoms in total. The molecular weight excluding hydrogens is 436 g/mol. The average Bonchev–Trinajstić information content (AvgIpc) is 3.31. The average molecular weight is 463 g/mol. The Balaban J connectivity index is 1.52. The van der Waals surface area contributed by atoms with Gasteiger partial charge in [-0.3, -0.25) is 4.79 Å². The molecular formula is C23H27ClN2O4S. The van der Waals surface area contributed by atoms with E-state index in [2.05, 4.69) is 4.90 Å². The van der Waals surface area contributed by atoms with Crippen LogP contribution < -0.4 is 9.64 Å². The third-order valence-corrected chi connectivity index (χ3v) is 9.20. The van der Waals surface area contributed by atoms with Crippen molar-refractivity contribution in [1.82, 2.24) is 4.90 Å². The summed E-state index contributed by atoms with van der Waals surface area (Å²) in [5, 5.41) is 0.473. The molecule has 1 aliphatic heterocycles. The Morgan fingerprint density at radius 2 is 1.52 bits per heavy atom. The van der Waals surface area contributed by atoms with E-state index in [-0.39, 0.29) is 10.8 Å². The first-order chi connectivity index (χ1) is 14.9. The summed E-state index contributed by atoms with van der Waals surface area (Å²) < 4.78 is 31.0. The molecule has 31 heavy (non-hydrogen) atoms. The maximum absolute atomic E-state index is 13.6. The molecule has 0 spiro atoms. The maximum atomic E-state index is 13.6. The van der Waals surface area contributed by atoms with Crippen LogP contribution in [0.1, 0.15) is 25.7 Å². The number of rotatable bonds is 5. The molecule has 1 aliphatic carbocycles. The normalized spacial score (nSPS) is 18.8. The molecule has 0 bridgehead atoms. The Kier molecular flexibility index (Phi) is 6.17. The number of sulfone groups is 1. The van der Waals surface area contributed by atoms with E-state index in [1.807, 2.05) is 24.3 Å². The van der Waals surface area contributed by atoms with Crippen LogP contribution in [0.3, 0.4) is 0 Å². The summed E-state index contributed by atoms with van der Waals surface area (Å²) in [6.45, 7) is 2.33. The van der Waals surface area contributed by atoms with Gasteiger partial charge in [-0.25, -0.2) is 8.42 Å². The molecule has 0 aromatic heterocycles. The van der Waals surface area contributed by atoms with Crippen molar-refractivity contribution in [2.75, 3.05) is 38.2 Å². The van der Waals surface area contributed by atoms with E-state index >= 15 is 0 Å². The Morgan fingerprint density at radius 3 is 2.06 bits per heavy atom. The number of benzene rings is 2. The lowest BCUT2D eigenvalue weighted by atomic mass is 10.0. The largest absolute Gasteiger partial charge is 0.497 e. The summed E-state index contributed by atoms with van der Waals surface area (Å²) in [5.41, 5.74) is 1.07. The first-order valence-electron chi connectivity index (χ1n) is 10.6. The number of hydrogen-bond acceptors (Lipinski definition) is 5. The molecule has 2 aliphatic rings. The number of amides is 1. The molecule has 4 rings (SSSR count). The summed E-state index contributed by atoms with van der Waals surface area (Å²) >= 11 is 5.94. The number of piperazine rings is 1. The predicted molar refractivity (Wildman–Crippen MR) is 122 cm³/mol. The molecule has 1 saturated heterocycles. The van der Waals surface area contributed by atoms with Crippen LogP contribution in [0.15, 0.2) is 53.4 Å². The Hall–Kier alpha value is -2.25. The molecule has 8 heteroatoms. The molecule has 1 amide bonds. The van der Waals surface area contributed by atoms with Crippen LogP contribution in [0.4, 0.5) is 5.69 Å². The number of halogens is 1. The SMILES string of the molecule is COc1ccc(N2CCN(C(=O)C3(S(=O)(=O)c4ccc(Cl)cc4)CCCC3)CC2)cc1. The third kappa shape index (κ3) is 4.01. The Bertz CT molecular complexity index is 1020. The molecule has 0 N–H and O–H groups in total. The van der Waals surface area contributed by atoms with E-state index in [9.17, 15) is 13.2 Å². The van der Waals surface area contributed by atoms with Crippen LogP contribution in [-0.2, 0) is 14.6 Å². The molecule has 2 fully saturated rings. The molecule has 1 heterocycles. The summed E-state index contributed by atoms with van der Waals surface area (Å²) in [6, 6.07) is 14.0. The topological polar surface area (TPSA) is 66.9 Å². The zero-order valence-corrected chi connectivity index (χ0v) is 19.2. The van der Waals surface area contributed by atoms with Gasteiger partial charge in [-0.15, -0.1) is 0 Å². The van der Waals surface area contributed by atoms with Crippen molar-refractivity contribution in [3.05, 3.63) is 53.6 Å². The zero-order chi connectivity index (χ0) is 22.1. The van der Waals surface area contributed by atoms with Gasteiger partial charge in [0, 0.05) is 36.9 Å². The molecule has 2 aromatic rings. The zero-order valence-electron chi connectivity index (χ0n) is 17.6. The fourth-order valence-electron chi connectivity index (χ4n) is 4.63. The fraction of sp³-hybridized carbons (Fsp3) is 0.435. The van der Waals surface area contributed by atoms with Crippen LogP contribution in [0.5, 0.6) is 5.75 Å². The van der Waals surface area contributed by atoms with Gasteiger partial charge in [0.05, 0.1) is 12.0 Å². The smallest absolute Gasteiger partial charge is 0.244 e. The number of anilines is 1. The highest BCUT2D eigenvalue weighted by Gasteiger charge is 2.54. The highest BCUT2D eigenvalue weighted by molar-refractivity contribution is 7.93. The molecule has 166 valence electrons. The minimum absolute atomic E-state index is 0.170. The van der Waals surface area contributed by atoms with Gasteiger partial charge in [0.1, 0.15) is 5.75 Å². The van der Waals surface area contributed by atoms with Gasteiger partial charge in [0.2, 0.25) is 5.91 Å². The van der Waals surface area contributed by atoms with E-state index in [0.29, 0.717) is 44.0 Å². The monoisotopic (exact) mass is 462 g/mol. The van der Waals surface area contributed by atoms with E-state index in [1.165, 1.54) is 12.1 Å². The number of carbonyl (C=O) groups is 1. The van der Waals surface area contributed by atoms with Crippen molar-refractivity contribution in [3.63, 3.8) is 0 Å². The second kappa shape index (κ2) is 8.71. The number of nitrogens with zero attached hydrogens (tertiary/aromatic N) is 2. The van der Waals surface area contributed by atoms with Crippen molar-refractivity contribution >= 4 is 33.0 Å². The van der Waals surface area contributed by atoms with Crippen LogP contribution in [0.25, 0.3) is 0 Å². The molecule has 0 radical (unpaired) electrons. The second-order valence-electron chi connectivity index (χ2n) is 8.14. The van der Waals surface area contributed by atoms with Gasteiger partial charge in [-0.2, -0.15) is 0 Å². The van der Waals surface area contributed by atoms with Crippen molar-refractivity contribution in [2.45, 2.75) is 35.3 Å². The molecule has 0 atom stereocenters. The number of methoxy groups -OCH3 is 1. The predicted octanol–water partition coefficient (Wildman–Crippen LogP) is 3.78. The Labute approximate surface area is 188 Å². The highest BCUT2D eigenvalue weighted by Crippen LogP contribution is 2.42. The number of ether oxygens (including phenoxy) is 1. The van der Waals surface area contributed by atoms with Crippen LogP contribution in [0.2, 0.25) is 5.02 Å². The minimum Gasteiger partial charge on any atom is -0.497 e. The molecule has 0 unspecified atom stereocenters. The van der Waals surface area contributed by atoms with Crippen molar-refractivity contribution < 1.29 is 17.9 Å². The van der Waals surface area contributed by atoms with Gasteiger partial charge in [-0.1, -0.05) is 24.4 Å². The quantitative estimate of drug-likeness (QED) is 0.676. The molecule has 1 saturated carbocycles. The van der Waals surface area contributed by atoms with Gasteiger partial charge >= 0.3 is 0 Å². The van der Waals surface area contributed by atoms with Gasteiger partial charge < -0.3 is 14.5 Å². The number of hydrogen-bond donors (Lipinski definition) is 0. The maximum Gasteiger partial charge on any atom is 0.244 e.